The smallest absolute Gasteiger partial charge is 0.331 e. The second-order valence-electron chi connectivity index (χ2n) is 5.89. The molecule has 5 heteroatoms. The van der Waals surface area contributed by atoms with E-state index in [-0.39, 0.29) is 25.0 Å². The summed E-state index contributed by atoms with van der Waals surface area (Å²) in [5.41, 5.74) is 2.97. The highest BCUT2D eigenvalue weighted by molar-refractivity contribution is 5.89. The van der Waals surface area contributed by atoms with Gasteiger partial charge in [-0.1, -0.05) is 36.4 Å². The molecule has 2 aromatic rings. The van der Waals surface area contributed by atoms with Crippen LogP contribution >= 0.6 is 0 Å². The van der Waals surface area contributed by atoms with Gasteiger partial charge in [-0.3, -0.25) is 4.79 Å². The van der Waals surface area contributed by atoms with Crippen LogP contribution in [0.2, 0.25) is 0 Å². The van der Waals surface area contributed by atoms with E-state index in [2.05, 4.69) is 5.32 Å². The maximum atomic E-state index is 12.2. The number of nitrogens with zero attached hydrogens (tertiary/aromatic N) is 1. The van der Waals surface area contributed by atoms with E-state index in [1.165, 1.54) is 5.56 Å². The molecule has 0 aromatic heterocycles. The van der Waals surface area contributed by atoms with Crippen molar-refractivity contribution in [3.05, 3.63) is 59.7 Å². The Morgan fingerprint density at radius 3 is 2.79 bits per heavy atom. The lowest BCUT2D eigenvalue weighted by Gasteiger charge is -2.29. The number of aryl methyl sites for hydroxylation is 1. The molecule has 1 N–H and O–H groups in total. The molecule has 1 aliphatic rings. The van der Waals surface area contributed by atoms with E-state index in [0.717, 1.165) is 17.7 Å². The van der Waals surface area contributed by atoms with Gasteiger partial charge in [0.25, 0.3) is 0 Å². The van der Waals surface area contributed by atoms with E-state index in [4.69, 9.17) is 4.74 Å². The third kappa shape index (κ3) is 3.93. The van der Waals surface area contributed by atoms with Crippen LogP contribution in [0.25, 0.3) is 0 Å². The molecule has 1 heterocycles. The zero-order valence-corrected chi connectivity index (χ0v) is 13.6. The number of amides is 1. The van der Waals surface area contributed by atoms with Gasteiger partial charge in [0.05, 0.1) is 12.2 Å². The molecule has 3 rings (SSSR count). The van der Waals surface area contributed by atoms with Crippen molar-refractivity contribution >= 4 is 17.6 Å². The number of hydrogen-bond donors (Lipinski definition) is 1. The Bertz CT molecular complexity index is 744. The van der Waals surface area contributed by atoms with Crippen LogP contribution in [-0.4, -0.2) is 31.5 Å². The minimum absolute atomic E-state index is 0.0855. The SMILES string of the molecule is Cc1ccc2c(c1)OC(=O)CN2CC(=O)NCCc1ccccc1. The Morgan fingerprint density at radius 1 is 1.21 bits per heavy atom. The monoisotopic (exact) mass is 324 g/mol. The molecule has 24 heavy (non-hydrogen) atoms. The zero-order chi connectivity index (χ0) is 16.9. The van der Waals surface area contributed by atoms with E-state index < -0.39 is 0 Å². The fourth-order valence-corrected chi connectivity index (χ4v) is 2.72. The van der Waals surface area contributed by atoms with Crippen molar-refractivity contribution in [3.63, 3.8) is 0 Å². The third-order valence-electron chi connectivity index (χ3n) is 3.91. The molecule has 0 aliphatic carbocycles. The van der Waals surface area contributed by atoms with Gasteiger partial charge in [0.2, 0.25) is 5.91 Å². The Morgan fingerprint density at radius 2 is 2.00 bits per heavy atom. The number of anilines is 1. The maximum absolute atomic E-state index is 12.2. The summed E-state index contributed by atoms with van der Waals surface area (Å²) in [6, 6.07) is 15.6. The number of hydrogen-bond acceptors (Lipinski definition) is 4. The number of carbonyl (C=O) groups excluding carboxylic acids is 2. The Labute approximate surface area is 141 Å². The Kier molecular flexibility index (Phi) is 4.79. The summed E-state index contributed by atoms with van der Waals surface area (Å²) < 4.78 is 5.25. The first-order valence-electron chi connectivity index (χ1n) is 7.99. The first kappa shape index (κ1) is 16.1. The number of ether oxygens (including phenoxy) is 1. The van der Waals surface area contributed by atoms with Crippen molar-refractivity contribution in [3.8, 4) is 5.75 Å². The minimum Gasteiger partial charge on any atom is -0.423 e. The van der Waals surface area contributed by atoms with Crippen molar-refractivity contribution in [2.45, 2.75) is 13.3 Å². The second-order valence-corrected chi connectivity index (χ2v) is 5.89. The minimum atomic E-state index is -0.342. The molecule has 1 amide bonds. The quantitative estimate of drug-likeness (QED) is 0.676. The van der Waals surface area contributed by atoms with E-state index in [0.29, 0.717) is 12.3 Å². The van der Waals surface area contributed by atoms with E-state index >= 15 is 0 Å². The summed E-state index contributed by atoms with van der Waals surface area (Å²) in [6.45, 7) is 2.73. The Hall–Kier alpha value is -2.82. The van der Waals surface area contributed by atoms with Crippen LogP contribution in [-0.2, 0) is 16.0 Å². The molecule has 0 fully saturated rings. The summed E-state index contributed by atoms with van der Waals surface area (Å²) in [5.74, 6) is 0.0701. The zero-order valence-electron chi connectivity index (χ0n) is 13.6. The second kappa shape index (κ2) is 7.17. The molecule has 0 unspecified atom stereocenters. The van der Waals surface area contributed by atoms with Gasteiger partial charge < -0.3 is 15.0 Å². The summed E-state index contributed by atoms with van der Waals surface area (Å²) >= 11 is 0. The van der Waals surface area contributed by atoms with Gasteiger partial charge in [0, 0.05) is 6.54 Å². The predicted molar refractivity (Wildman–Crippen MR) is 92.2 cm³/mol. The number of benzene rings is 2. The molecular weight excluding hydrogens is 304 g/mol. The molecule has 0 atom stereocenters. The van der Waals surface area contributed by atoms with Crippen molar-refractivity contribution in [1.82, 2.24) is 5.32 Å². The summed E-state index contributed by atoms with van der Waals surface area (Å²) in [5, 5.41) is 2.90. The van der Waals surface area contributed by atoms with Crippen molar-refractivity contribution in [2.24, 2.45) is 0 Å². The molecule has 124 valence electrons. The largest absolute Gasteiger partial charge is 0.423 e. The van der Waals surface area contributed by atoms with Crippen molar-refractivity contribution < 1.29 is 14.3 Å². The molecule has 5 nitrogen and oxygen atoms in total. The highest BCUT2D eigenvalue weighted by Gasteiger charge is 2.25. The fraction of sp³-hybridized carbons (Fsp3) is 0.263. The van der Waals surface area contributed by atoms with Gasteiger partial charge in [0.1, 0.15) is 6.54 Å². The van der Waals surface area contributed by atoms with Gasteiger partial charge in [-0.2, -0.15) is 0 Å². The van der Waals surface area contributed by atoms with Crippen LogP contribution in [0.5, 0.6) is 5.75 Å². The molecule has 0 spiro atoms. The van der Waals surface area contributed by atoms with E-state index in [1.54, 1.807) is 4.90 Å². The van der Waals surface area contributed by atoms with Gasteiger partial charge in [-0.05, 0) is 36.6 Å². The molecule has 1 aliphatic heterocycles. The summed E-state index contributed by atoms with van der Waals surface area (Å²) in [7, 11) is 0. The summed E-state index contributed by atoms with van der Waals surface area (Å²) in [6.07, 6.45) is 0.782. The predicted octanol–water partition coefficient (Wildman–Crippen LogP) is 2.08. The number of esters is 1. The third-order valence-corrected chi connectivity index (χ3v) is 3.91. The average Bonchev–Trinajstić information content (AvgIpc) is 2.55. The van der Waals surface area contributed by atoms with Crippen LogP contribution in [0.3, 0.4) is 0 Å². The normalized spacial score (nSPS) is 13.2. The topological polar surface area (TPSA) is 58.6 Å². The van der Waals surface area contributed by atoms with E-state index in [9.17, 15) is 9.59 Å². The lowest BCUT2D eigenvalue weighted by atomic mass is 10.1. The van der Waals surface area contributed by atoms with Crippen molar-refractivity contribution in [1.29, 1.82) is 0 Å². The summed E-state index contributed by atoms with van der Waals surface area (Å²) in [4.78, 5) is 25.7. The molecule has 2 aromatic carbocycles. The molecule has 0 bridgehead atoms. The number of nitrogens with one attached hydrogen (secondary N) is 1. The number of carbonyl (C=O) groups is 2. The van der Waals surface area contributed by atoms with Crippen LogP contribution < -0.4 is 15.0 Å². The van der Waals surface area contributed by atoms with Crippen molar-refractivity contribution in [2.75, 3.05) is 24.5 Å². The van der Waals surface area contributed by atoms with Crippen LogP contribution in [0, 0.1) is 6.92 Å². The van der Waals surface area contributed by atoms with Crippen LogP contribution in [0.1, 0.15) is 11.1 Å². The first-order valence-corrected chi connectivity index (χ1v) is 7.99. The van der Waals surface area contributed by atoms with Gasteiger partial charge in [-0.15, -0.1) is 0 Å². The number of fused-ring (bicyclic) bond motifs is 1. The fourth-order valence-electron chi connectivity index (χ4n) is 2.72. The first-order chi connectivity index (χ1) is 11.6. The molecule has 0 radical (unpaired) electrons. The molecular formula is C19H20N2O3. The highest BCUT2D eigenvalue weighted by atomic mass is 16.5. The standard InChI is InChI=1S/C19H20N2O3/c1-14-7-8-16-17(11-14)24-19(23)13-21(16)12-18(22)20-10-9-15-5-3-2-4-6-15/h2-8,11H,9-10,12-13H2,1H3,(H,20,22). The lowest BCUT2D eigenvalue weighted by molar-refractivity contribution is -0.133. The molecule has 0 saturated carbocycles. The van der Waals surface area contributed by atoms with Gasteiger partial charge in [0.15, 0.2) is 5.75 Å². The molecule has 0 saturated heterocycles. The number of rotatable bonds is 5. The van der Waals surface area contributed by atoms with Gasteiger partial charge in [-0.25, -0.2) is 4.79 Å². The van der Waals surface area contributed by atoms with Crippen LogP contribution in [0.4, 0.5) is 5.69 Å². The maximum Gasteiger partial charge on any atom is 0.331 e. The Balaban J connectivity index is 1.57. The van der Waals surface area contributed by atoms with E-state index in [1.807, 2.05) is 55.5 Å². The van der Waals surface area contributed by atoms with Gasteiger partial charge >= 0.3 is 5.97 Å². The van der Waals surface area contributed by atoms with Crippen LogP contribution in [0.15, 0.2) is 48.5 Å². The lowest BCUT2D eigenvalue weighted by Crippen LogP contribution is -2.43. The highest BCUT2D eigenvalue weighted by Crippen LogP contribution is 2.32. The average molecular weight is 324 g/mol.